The quantitative estimate of drug-likeness (QED) is 0.464. The second kappa shape index (κ2) is 1.99. The highest BCUT2D eigenvalue weighted by atomic mass is 17.3. The second-order valence-electron chi connectivity index (χ2n) is 1.53. The minimum Gasteiger partial charge on any atom is -0.329 e. The van der Waals surface area contributed by atoms with Crippen LogP contribution in [0.2, 0.25) is 0 Å². The van der Waals surface area contributed by atoms with Gasteiger partial charge < -0.3 is 4.74 Å². The van der Waals surface area contributed by atoms with E-state index in [4.69, 9.17) is 9.47 Å². The Morgan fingerprint density at radius 3 is 2.62 bits per heavy atom. The van der Waals surface area contributed by atoms with Gasteiger partial charge in [0.05, 0.1) is 0 Å². The first-order valence-corrected chi connectivity index (χ1v) is 2.26. The Bertz CT molecular complexity index is 76.1. The molecule has 4 heteroatoms. The molecule has 0 saturated carbocycles. The molecular formula is C4H8O4. The molecule has 1 saturated heterocycles. The lowest BCUT2D eigenvalue weighted by Gasteiger charge is -2.14. The number of ether oxygens (including phenoxy) is 2. The van der Waals surface area contributed by atoms with Crippen LogP contribution < -0.4 is 0 Å². The van der Waals surface area contributed by atoms with Crippen LogP contribution in [0.5, 0.6) is 0 Å². The summed E-state index contributed by atoms with van der Waals surface area (Å²) < 4.78 is 9.55. The molecule has 0 amide bonds. The molecule has 1 fully saturated rings. The molecule has 0 aromatic carbocycles. The van der Waals surface area contributed by atoms with Crippen LogP contribution in [0.1, 0.15) is 6.92 Å². The van der Waals surface area contributed by atoms with Gasteiger partial charge in [-0.1, -0.05) is 0 Å². The first-order valence-electron chi connectivity index (χ1n) is 2.26. The first kappa shape index (κ1) is 5.97. The lowest BCUT2D eigenvalue weighted by Crippen LogP contribution is -2.27. The molecule has 1 rings (SSSR count). The molecule has 1 heterocycles. The summed E-state index contributed by atoms with van der Waals surface area (Å²) in [5, 5.41) is 0. The SMILES string of the molecule is COC1(C)OCOO1. The van der Waals surface area contributed by atoms with Gasteiger partial charge in [-0.2, -0.15) is 4.89 Å². The molecule has 8 heavy (non-hydrogen) atoms. The second-order valence-corrected chi connectivity index (χ2v) is 1.53. The lowest BCUT2D eigenvalue weighted by molar-refractivity contribution is -0.398. The van der Waals surface area contributed by atoms with Crippen LogP contribution in [0.3, 0.4) is 0 Å². The Morgan fingerprint density at radius 2 is 2.38 bits per heavy atom. The molecule has 0 aromatic rings. The van der Waals surface area contributed by atoms with Crippen molar-refractivity contribution in [2.24, 2.45) is 0 Å². The maximum atomic E-state index is 4.82. The number of hydrogen-bond donors (Lipinski definition) is 0. The van der Waals surface area contributed by atoms with E-state index in [2.05, 4.69) is 9.78 Å². The Morgan fingerprint density at radius 1 is 1.62 bits per heavy atom. The predicted molar refractivity (Wildman–Crippen MR) is 23.5 cm³/mol. The number of rotatable bonds is 1. The number of hydrogen-bond acceptors (Lipinski definition) is 4. The van der Waals surface area contributed by atoms with Crippen molar-refractivity contribution >= 4 is 0 Å². The Balaban J connectivity index is 2.40. The fourth-order valence-corrected chi connectivity index (χ4v) is 0.379. The largest absolute Gasteiger partial charge is 0.329 e. The molecule has 1 unspecified atom stereocenters. The van der Waals surface area contributed by atoms with E-state index in [0.29, 0.717) is 0 Å². The molecular weight excluding hydrogens is 112 g/mol. The van der Waals surface area contributed by atoms with Crippen molar-refractivity contribution in [1.29, 1.82) is 0 Å². The van der Waals surface area contributed by atoms with Gasteiger partial charge in [0.25, 0.3) is 0 Å². The minimum absolute atomic E-state index is 0.129. The smallest absolute Gasteiger partial charge is 0.311 e. The zero-order chi connectivity index (χ0) is 6.04. The Kier molecular flexibility index (Phi) is 1.48. The average Bonchev–Trinajstić information content (AvgIpc) is 2.17. The maximum absolute atomic E-state index is 4.82. The zero-order valence-corrected chi connectivity index (χ0v) is 4.84. The van der Waals surface area contributed by atoms with Crippen molar-refractivity contribution < 1.29 is 19.2 Å². The van der Waals surface area contributed by atoms with Crippen LogP contribution in [-0.4, -0.2) is 19.9 Å². The van der Waals surface area contributed by atoms with E-state index < -0.39 is 5.97 Å². The molecule has 0 N–H and O–H groups in total. The van der Waals surface area contributed by atoms with Crippen molar-refractivity contribution in [2.75, 3.05) is 13.9 Å². The third kappa shape index (κ3) is 0.976. The highest BCUT2D eigenvalue weighted by molar-refractivity contribution is 4.41. The fourth-order valence-electron chi connectivity index (χ4n) is 0.379. The van der Waals surface area contributed by atoms with Crippen molar-refractivity contribution in [1.82, 2.24) is 0 Å². The molecule has 48 valence electrons. The highest BCUT2D eigenvalue weighted by Gasteiger charge is 2.32. The van der Waals surface area contributed by atoms with Crippen LogP contribution in [0, 0.1) is 0 Å². The topological polar surface area (TPSA) is 36.9 Å². The van der Waals surface area contributed by atoms with Crippen LogP contribution in [0.4, 0.5) is 0 Å². The van der Waals surface area contributed by atoms with Gasteiger partial charge in [-0.15, -0.1) is 0 Å². The van der Waals surface area contributed by atoms with Crippen molar-refractivity contribution in [3.63, 3.8) is 0 Å². The highest BCUT2D eigenvalue weighted by Crippen LogP contribution is 2.18. The van der Waals surface area contributed by atoms with Gasteiger partial charge in [-0.05, 0) is 0 Å². The van der Waals surface area contributed by atoms with Gasteiger partial charge in [0.15, 0.2) is 6.79 Å². The predicted octanol–water partition coefficient (Wildman–Crippen LogP) is 0.242. The van der Waals surface area contributed by atoms with E-state index >= 15 is 0 Å². The summed E-state index contributed by atoms with van der Waals surface area (Å²) in [5.41, 5.74) is 0. The molecule has 1 aliphatic rings. The van der Waals surface area contributed by atoms with Gasteiger partial charge >= 0.3 is 5.97 Å². The lowest BCUT2D eigenvalue weighted by atomic mass is 10.7. The van der Waals surface area contributed by atoms with E-state index in [9.17, 15) is 0 Å². The van der Waals surface area contributed by atoms with Gasteiger partial charge in [-0.3, -0.25) is 4.74 Å². The third-order valence-electron chi connectivity index (χ3n) is 0.950. The molecule has 0 aromatic heterocycles. The van der Waals surface area contributed by atoms with E-state index in [1.807, 2.05) is 0 Å². The van der Waals surface area contributed by atoms with Crippen LogP contribution in [0.25, 0.3) is 0 Å². The van der Waals surface area contributed by atoms with Crippen molar-refractivity contribution in [2.45, 2.75) is 12.9 Å². The number of methoxy groups -OCH3 is 1. The Labute approximate surface area is 47.2 Å². The van der Waals surface area contributed by atoms with Crippen LogP contribution in [-0.2, 0) is 19.2 Å². The summed E-state index contributed by atoms with van der Waals surface area (Å²) in [6.45, 7) is 1.75. The molecule has 1 aliphatic heterocycles. The van der Waals surface area contributed by atoms with E-state index in [1.165, 1.54) is 7.11 Å². The van der Waals surface area contributed by atoms with Gasteiger partial charge in [-0.25, -0.2) is 4.89 Å². The molecule has 1 atom stereocenters. The normalized spacial score (nSPS) is 38.2. The molecule has 0 bridgehead atoms. The third-order valence-corrected chi connectivity index (χ3v) is 0.950. The molecule has 0 aliphatic carbocycles. The summed E-state index contributed by atoms with van der Waals surface area (Å²) in [6.07, 6.45) is 0. The minimum atomic E-state index is -0.986. The summed E-state index contributed by atoms with van der Waals surface area (Å²) in [7, 11) is 1.48. The fraction of sp³-hybridized carbons (Fsp3) is 1.00. The first-order chi connectivity index (χ1) is 3.77. The summed E-state index contributed by atoms with van der Waals surface area (Å²) in [4.78, 5) is 8.95. The van der Waals surface area contributed by atoms with Crippen molar-refractivity contribution in [3.05, 3.63) is 0 Å². The van der Waals surface area contributed by atoms with Gasteiger partial charge in [0.2, 0.25) is 0 Å². The van der Waals surface area contributed by atoms with Crippen LogP contribution >= 0.6 is 0 Å². The zero-order valence-electron chi connectivity index (χ0n) is 4.84. The maximum Gasteiger partial charge on any atom is 0.311 e. The molecule has 0 spiro atoms. The monoisotopic (exact) mass is 120 g/mol. The molecule has 4 nitrogen and oxygen atoms in total. The summed E-state index contributed by atoms with van der Waals surface area (Å²) >= 11 is 0. The van der Waals surface area contributed by atoms with Crippen molar-refractivity contribution in [3.8, 4) is 0 Å². The summed E-state index contributed by atoms with van der Waals surface area (Å²) in [5.74, 6) is -0.986. The van der Waals surface area contributed by atoms with Gasteiger partial charge in [0.1, 0.15) is 0 Å². The Hall–Kier alpha value is -0.160. The average molecular weight is 120 g/mol. The summed E-state index contributed by atoms with van der Waals surface area (Å²) in [6, 6.07) is 0. The van der Waals surface area contributed by atoms with E-state index in [-0.39, 0.29) is 6.79 Å². The standard InChI is InChI=1S/C4H8O4/c1-4(5-2)6-3-7-8-4/h3H2,1-2H3. The molecule has 0 radical (unpaired) electrons. The van der Waals surface area contributed by atoms with E-state index in [1.54, 1.807) is 6.92 Å². The van der Waals surface area contributed by atoms with Crippen LogP contribution in [0.15, 0.2) is 0 Å². The van der Waals surface area contributed by atoms with E-state index in [0.717, 1.165) is 0 Å². The van der Waals surface area contributed by atoms with Gasteiger partial charge in [0, 0.05) is 14.0 Å².